The van der Waals surface area contributed by atoms with Crippen LogP contribution in [0.3, 0.4) is 0 Å². The summed E-state index contributed by atoms with van der Waals surface area (Å²) >= 11 is 0. The molecule has 0 saturated heterocycles. The molecule has 0 atom stereocenters. The van der Waals surface area contributed by atoms with Gasteiger partial charge in [0.05, 0.1) is 5.56 Å². The maximum absolute atomic E-state index is 12.9. The Kier molecular flexibility index (Phi) is 2.40. The van der Waals surface area contributed by atoms with Crippen LogP contribution in [0.1, 0.15) is 15.9 Å². The van der Waals surface area contributed by atoms with Crippen LogP contribution in [0.4, 0.5) is 4.39 Å². The molecule has 0 aliphatic rings. The van der Waals surface area contributed by atoms with Gasteiger partial charge in [-0.3, -0.25) is 0 Å². The number of nitrogens with two attached hydrogens (primary N) is 1. The molecule has 3 nitrogen and oxygen atoms in total. The van der Waals surface area contributed by atoms with Crippen molar-refractivity contribution >= 4 is 5.97 Å². The van der Waals surface area contributed by atoms with Crippen molar-refractivity contribution in [3.63, 3.8) is 0 Å². The third kappa shape index (κ3) is 1.43. The Morgan fingerprint density at radius 2 is 2.25 bits per heavy atom. The minimum Gasteiger partial charge on any atom is -0.478 e. The molecule has 0 fully saturated rings. The van der Waals surface area contributed by atoms with Crippen molar-refractivity contribution < 1.29 is 14.3 Å². The van der Waals surface area contributed by atoms with Crippen LogP contribution < -0.4 is 5.73 Å². The van der Waals surface area contributed by atoms with E-state index in [0.29, 0.717) is 0 Å². The van der Waals surface area contributed by atoms with Crippen LogP contribution in [0, 0.1) is 5.82 Å². The molecule has 0 aliphatic heterocycles. The molecule has 12 heavy (non-hydrogen) atoms. The monoisotopic (exact) mass is 169 g/mol. The molecular formula is C8H8FNO2. The highest BCUT2D eigenvalue weighted by Crippen LogP contribution is 2.12. The minimum absolute atomic E-state index is 0.0463. The summed E-state index contributed by atoms with van der Waals surface area (Å²) < 4.78 is 12.9. The molecule has 0 bridgehead atoms. The first-order valence-corrected chi connectivity index (χ1v) is 3.37. The van der Waals surface area contributed by atoms with Gasteiger partial charge in [-0.25, -0.2) is 9.18 Å². The lowest BCUT2D eigenvalue weighted by Gasteiger charge is -2.02. The number of aromatic carboxylic acids is 1. The van der Waals surface area contributed by atoms with Crippen molar-refractivity contribution in [2.45, 2.75) is 6.54 Å². The summed E-state index contributed by atoms with van der Waals surface area (Å²) in [5, 5.41) is 8.60. The molecule has 0 amide bonds. The molecule has 0 unspecified atom stereocenters. The van der Waals surface area contributed by atoms with Crippen molar-refractivity contribution in [1.29, 1.82) is 0 Å². The molecule has 0 spiro atoms. The molecule has 64 valence electrons. The van der Waals surface area contributed by atoms with Gasteiger partial charge in [-0.05, 0) is 12.1 Å². The maximum atomic E-state index is 12.9. The van der Waals surface area contributed by atoms with E-state index in [4.69, 9.17) is 10.8 Å². The Balaban J connectivity index is 3.27. The predicted molar refractivity (Wildman–Crippen MR) is 41.3 cm³/mol. The van der Waals surface area contributed by atoms with Crippen LogP contribution >= 0.6 is 0 Å². The summed E-state index contributed by atoms with van der Waals surface area (Å²) in [7, 11) is 0. The van der Waals surface area contributed by atoms with Crippen molar-refractivity contribution in [2.75, 3.05) is 0 Å². The fraction of sp³-hybridized carbons (Fsp3) is 0.125. The largest absolute Gasteiger partial charge is 0.478 e. The van der Waals surface area contributed by atoms with Crippen LogP contribution in [-0.4, -0.2) is 11.1 Å². The number of carbonyl (C=O) groups is 1. The van der Waals surface area contributed by atoms with Crippen LogP contribution in [0.15, 0.2) is 18.2 Å². The lowest BCUT2D eigenvalue weighted by Crippen LogP contribution is -2.08. The SMILES string of the molecule is NCc1c(F)cccc1C(=O)O. The Morgan fingerprint density at radius 3 is 2.67 bits per heavy atom. The average molecular weight is 169 g/mol. The van der Waals surface area contributed by atoms with Gasteiger partial charge in [-0.15, -0.1) is 0 Å². The van der Waals surface area contributed by atoms with E-state index in [0.717, 1.165) is 0 Å². The van der Waals surface area contributed by atoms with Crippen molar-refractivity contribution in [3.8, 4) is 0 Å². The Labute approximate surface area is 68.6 Å². The van der Waals surface area contributed by atoms with Gasteiger partial charge in [0.2, 0.25) is 0 Å². The van der Waals surface area contributed by atoms with E-state index < -0.39 is 11.8 Å². The van der Waals surface area contributed by atoms with E-state index >= 15 is 0 Å². The van der Waals surface area contributed by atoms with Gasteiger partial charge in [0, 0.05) is 12.1 Å². The summed E-state index contributed by atoms with van der Waals surface area (Å²) in [5.74, 6) is -1.73. The Hall–Kier alpha value is -1.42. The van der Waals surface area contributed by atoms with Gasteiger partial charge in [-0.1, -0.05) is 6.07 Å². The summed E-state index contributed by atoms with van der Waals surface area (Å²) in [4.78, 5) is 10.5. The molecule has 0 saturated carbocycles. The molecule has 0 heterocycles. The molecule has 0 radical (unpaired) electrons. The maximum Gasteiger partial charge on any atom is 0.336 e. The second-order valence-electron chi connectivity index (χ2n) is 2.28. The number of rotatable bonds is 2. The number of carboxylic acids is 1. The zero-order valence-corrected chi connectivity index (χ0v) is 6.25. The average Bonchev–Trinajstić information content (AvgIpc) is 2.03. The molecule has 0 aliphatic carbocycles. The Morgan fingerprint density at radius 1 is 1.58 bits per heavy atom. The Bertz CT molecular complexity index is 312. The normalized spacial score (nSPS) is 9.83. The zero-order chi connectivity index (χ0) is 9.14. The van der Waals surface area contributed by atoms with Crippen molar-refractivity contribution in [3.05, 3.63) is 35.1 Å². The second-order valence-corrected chi connectivity index (χ2v) is 2.28. The third-order valence-electron chi connectivity index (χ3n) is 1.55. The fourth-order valence-corrected chi connectivity index (χ4v) is 0.966. The third-order valence-corrected chi connectivity index (χ3v) is 1.55. The first-order chi connectivity index (χ1) is 5.66. The lowest BCUT2D eigenvalue weighted by molar-refractivity contribution is 0.0695. The number of benzene rings is 1. The fourth-order valence-electron chi connectivity index (χ4n) is 0.966. The molecule has 0 aromatic heterocycles. The van der Waals surface area contributed by atoms with Crippen LogP contribution in [0.25, 0.3) is 0 Å². The highest BCUT2D eigenvalue weighted by molar-refractivity contribution is 5.89. The standard InChI is InChI=1S/C8H8FNO2/c9-7-3-1-2-5(8(11)12)6(7)4-10/h1-3H,4,10H2,(H,11,12). The van der Waals surface area contributed by atoms with Gasteiger partial charge < -0.3 is 10.8 Å². The number of hydrogen-bond acceptors (Lipinski definition) is 2. The second kappa shape index (κ2) is 3.32. The van der Waals surface area contributed by atoms with E-state index in [2.05, 4.69) is 0 Å². The molecule has 4 heteroatoms. The first-order valence-electron chi connectivity index (χ1n) is 3.37. The van der Waals surface area contributed by atoms with Gasteiger partial charge in [0.15, 0.2) is 0 Å². The summed E-state index contributed by atoms with van der Waals surface area (Å²) in [6, 6.07) is 3.86. The molecule has 3 N–H and O–H groups in total. The highest BCUT2D eigenvalue weighted by atomic mass is 19.1. The number of carboxylic acid groups (broad SMARTS) is 1. The summed E-state index contributed by atoms with van der Waals surface area (Å²) in [5.41, 5.74) is 5.16. The molecular weight excluding hydrogens is 161 g/mol. The number of hydrogen-bond donors (Lipinski definition) is 2. The lowest BCUT2D eigenvalue weighted by atomic mass is 10.1. The summed E-state index contributed by atoms with van der Waals surface area (Å²) in [6.07, 6.45) is 0. The van der Waals surface area contributed by atoms with Gasteiger partial charge in [-0.2, -0.15) is 0 Å². The molecule has 1 aromatic rings. The van der Waals surface area contributed by atoms with E-state index in [9.17, 15) is 9.18 Å². The van der Waals surface area contributed by atoms with Crippen LogP contribution in [-0.2, 0) is 6.54 Å². The van der Waals surface area contributed by atoms with Gasteiger partial charge in [0.25, 0.3) is 0 Å². The number of halogens is 1. The quantitative estimate of drug-likeness (QED) is 0.693. The predicted octanol–water partition coefficient (Wildman–Crippen LogP) is 0.983. The smallest absolute Gasteiger partial charge is 0.336 e. The van der Waals surface area contributed by atoms with E-state index in [1.165, 1.54) is 18.2 Å². The van der Waals surface area contributed by atoms with Gasteiger partial charge in [0.1, 0.15) is 5.82 Å². The van der Waals surface area contributed by atoms with Crippen LogP contribution in [0.2, 0.25) is 0 Å². The topological polar surface area (TPSA) is 63.3 Å². The highest BCUT2D eigenvalue weighted by Gasteiger charge is 2.11. The van der Waals surface area contributed by atoms with Crippen LogP contribution in [0.5, 0.6) is 0 Å². The van der Waals surface area contributed by atoms with Gasteiger partial charge >= 0.3 is 5.97 Å². The summed E-state index contributed by atoms with van der Waals surface area (Å²) in [6.45, 7) is -0.103. The van der Waals surface area contributed by atoms with E-state index in [1.54, 1.807) is 0 Å². The zero-order valence-electron chi connectivity index (χ0n) is 6.25. The minimum atomic E-state index is -1.16. The van der Waals surface area contributed by atoms with Crippen molar-refractivity contribution in [1.82, 2.24) is 0 Å². The molecule has 1 rings (SSSR count). The molecule has 1 aromatic carbocycles. The first kappa shape index (κ1) is 8.67. The van der Waals surface area contributed by atoms with E-state index in [1.807, 2.05) is 0 Å². The van der Waals surface area contributed by atoms with Crippen molar-refractivity contribution in [2.24, 2.45) is 5.73 Å². The van der Waals surface area contributed by atoms with E-state index in [-0.39, 0.29) is 17.7 Å².